The Labute approximate surface area is 199 Å². The summed E-state index contributed by atoms with van der Waals surface area (Å²) in [6.07, 6.45) is 1.64. The average Bonchev–Trinajstić information content (AvgIpc) is 3.40. The quantitative estimate of drug-likeness (QED) is 0.424. The van der Waals surface area contributed by atoms with Gasteiger partial charge in [0.05, 0.1) is 22.8 Å². The fourth-order valence-corrected chi connectivity index (χ4v) is 7.61. The highest BCUT2D eigenvalue weighted by Crippen LogP contribution is 2.51. The minimum Gasteiger partial charge on any atom is -0.480 e. The number of carboxylic acids is 1. The minimum atomic E-state index is -0.968. The van der Waals surface area contributed by atoms with Gasteiger partial charge in [0.1, 0.15) is 6.04 Å². The largest absolute Gasteiger partial charge is 0.480 e. The molecule has 1 spiro atoms. The van der Waals surface area contributed by atoms with Crippen LogP contribution in [-0.4, -0.2) is 87.5 Å². The summed E-state index contributed by atoms with van der Waals surface area (Å²) in [7, 11) is 1.75. The van der Waals surface area contributed by atoms with Gasteiger partial charge in [-0.2, -0.15) is 0 Å². The molecule has 174 valence electrons. The Hall–Kier alpha value is -1.65. The lowest BCUT2D eigenvalue weighted by molar-refractivity contribution is -0.153. The molecule has 1 aromatic rings. The zero-order valence-electron chi connectivity index (χ0n) is 18.9. The molecule has 2 aliphatic heterocycles. The number of nitrogens with zero attached hydrogens (tertiary/aromatic N) is 2. The smallest absolute Gasteiger partial charge is 0.326 e. The van der Waals surface area contributed by atoms with Crippen molar-refractivity contribution >= 4 is 49.4 Å². The first-order valence-corrected chi connectivity index (χ1v) is 13.0. The van der Waals surface area contributed by atoms with Gasteiger partial charge < -0.3 is 19.6 Å². The summed E-state index contributed by atoms with van der Waals surface area (Å²) in [5.41, 5.74) is 1.11. The van der Waals surface area contributed by atoms with E-state index in [4.69, 9.17) is 4.74 Å². The molecule has 10 heteroatoms. The number of hydrogen-bond acceptors (Lipinski definition) is 7. The van der Waals surface area contributed by atoms with Gasteiger partial charge in [-0.3, -0.25) is 9.59 Å². The Balaban J connectivity index is 1.74. The molecule has 7 nitrogen and oxygen atoms in total. The maximum absolute atomic E-state index is 13.5. The second kappa shape index (κ2) is 11.0. The van der Waals surface area contributed by atoms with Crippen LogP contribution in [0, 0.1) is 0 Å². The van der Waals surface area contributed by atoms with Crippen LogP contribution in [0.25, 0.3) is 0 Å². The van der Waals surface area contributed by atoms with Crippen molar-refractivity contribution in [3.05, 3.63) is 35.9 Å². The van der Waals surface area contributed by atoms with Gasteiger partial charge in [-0.25, -0.2) is 4.79 Å². The number of aliphatic carboxylic acids is 1. The van der Waals surface area contributed by atoms with Crippen molar-refractivity contribution in [1.29, 1.82) is 0 Å². The Kier molecular flexibility index (Phi) is 8.58. The van der Waals surface area contributed by atoms with E-state index in [2.05, 4.69) is 0 Å². The monoisotopic (exact) mass is 478 g/mol. The molecular formula is C22H31BN2O5S2. The van der Waals surface area contributed by atoms with E-state index in [-0.39, 0.29) is 22.6 Å². The predicted octanol–water partition coefficient (Wildman–Crippen LogP) is 1.65. The normalized spacial score (nSPS) is 21.6. The minimum absolute atomic E-state index is 0.231. The van der Waals surface area contributed by atoms with Crippen LogP contribution in [0.4, 0.5) is 0 Å². The number of esters is 1. The van der Waals surface area contributed by atoms with E-state index in [0.717, 1.165) is 17.1 Å². The van der Waals surface area contributed by atoms with E-state index >= 15 is 0 Å². The third kappa shape index (κ3) is 5.64. The highest BCUT2D eigenvalue weighted by molar-refractivity contribution is 8.21. The molecule has 1 N–H and O–H groups in total. The number of thioether (sulfide) groups is 2. The number of aryl methyl sites for hydroxylation is 1. The van der Waals surface area contributed by atoms with Gasteiger partial charge in [0.2, 0.25) is 5.91 Å². The van der Waals surface area contributed by atoms with E-state index in [1.54, 1.807) is 50.2 Å². The van der Waals surface area contributed by atoms with Crippen LogP contribution in [0.3, 0.4) is 0 Å². The molecule has 1 aromatic carbocycles. The molecular weight excluding hydrogens is 447 g/mol. The lowest BCUT2D eigenvalue weighted by Gasteiger charge is -2.35. The van der Waals surface area contributed by atoms with Crippen molar-refractivity contribution in [2.24, 2.45) is 0 Å². The van der Waals surface area contributed by atoms with E-state index in [1.807, 2.05) is 30.3 Å². The highest BCUT2D eigenvalue weighted by atomic mass is 32.2. The van der Waals surface area contributed by atoms with Gasteiger partial charge in [0.15, 0.2) is 7.98 Å². The van der Waals surface area contributed by atoms with Crippen LogP contribution in [0.1, 0.15) is 32.3 Å². The average molecular weight is 478 g/mol. The van der Waals surface area contributed by atoms with E-state index in [9.17, 15) is 19.5 Å². The first-order chi connectivity index (χ1) is 15.3. The van der Waals surface area contributed by atoms with Crippen LogP contribution in [0.5, 0.6) is 0 Å². The summed E-state index contributed by atoms with van der Waals surface area (Å²) in [4.78, 5) is 41.4. The lowest BCUT2D eigenvalue weighted by Crippen LogP contribution is -2.54. The van der Waals surface area contributed by atoms with E-state index in [1.165, 1.54) is 4.90 Å². The Morgan fingerprint density at radius 1 is 1.28 bits per heavy atom. The number of likely N-dealkylation sites (tertiary alicyclic amines) is 1. The van der Waals surface area contributed by atoms with Crippen molar-refractivity contribution in [3.63, 3.8) is 0 Å². The Morgan fingerprint density at radius 2 is 1.94 bits per heavy atom. The first-order valence-electron chi connectivity index (χ1n) is 11.0. The standard InChI is InChI=1S/C22H31BN2O5S2/c1-3-30-21(29)17(10-9-16-7-5-4-6-8-16)25(23)15(2)19(26)24-14-22(31-11-12-32-22)13-18(24)20(27)28/h4-8,15,17-18H,3,9-14,23H2,1-2H3,(H,27,28)/t15-,17-,18-/m0/s1. The highest BCUT2D eigenvalue weighted by Gasteiger charge is 2.52. The molecule has 0 aliphatic carbocycles. The summed E-state index contributed by atoms with van der Waals surface area (Å²) < 4.78 is 5.07. The molecule has 2 saturated heterocycles. The fourth-order valence-electron chi connectivity index (χ4n) is 4.36. The van der Waals surface area contributed by atoms with Crippen LogP contribution in [0.15, 0.2) is 30.3 Å². The molecule has 0 bridgehead atoms. The first kappa shape index (κ1) is 25.0. The summed E-state index contributed by atoms with van der Waals surface area (Å²) in [6, 6.07) is 7.81. The molecule has 1 amide bonds. The SMILES string of the molecule is BN([C@@H](C)C(=O)N1CC2(C[C@H]1C(=O)O)SCCS2)[C@@H](CCc1ccccc1)C(=O)OCC. The topological polar surface area (TPSA) is 87.2 Å². The van der Waals surface area contributed by atoms with Crippen molar-refractivity contribution in [2.45, 2.75) is 55.3 Å². The third-order valence-corrected chi connectivity index (χ3v) is 9.67. The third-order valence-electron chi connectivity index (χ3n) is 6.24. The number of benzene rings is 1. The van der Waals surface area contributed by atoms with Crippen molar-refractivity contribution in [2.75, 3.05) is 24.7 Å². The van der Waals surface area contributed by atoms with Crippen molar-refractivity contribution in [1.82, 2.24) is 9.71 Å². The number of hydrogen-bond donors (Lipinski definition) is 1. The molecule has 2 heterocycles. The molecule has 0 saturated carbocycles. The molecule has 0 unspecified atom stereocenters. The summed E-state index contributed by atoms with van der Waals surface area (Å²) in [6.45, 7) is 4.19. The molecule has 32 heavy (non-hydrogen) atoms. The van der Waals surface area contributed by atoms with Gasteiger partial charge >= 0.3 is 11.9 Å². The van der Waals surface area contributed by atoms with Crippen LogP contribution >= 0.6 is 23.5 Å². The van der Waals surface area contributed by atoms with E-state index in [0.29, 0.717) is 25.8 Å². The maximum atomic E-state index is 13.5. The Bertz CT molecular complexity index is 822. The number of amides is 1. The second-order valence-corrected chi connectivity index (χ2v) is 11.5. The lowest BCUT2D eigenvalue weighted by atomic mass is 9.99. The van der Waals surface area contributed by atoms with Gasteiger partial charge in [-0.05, 0) is 32.3 Å². The number of rotatable bonds is 9. The van der Waals surface area contributed by atoms with Crippen LogP contribution in [-0.2, 0) is 25.5 Å². The molecule has 2 fully saturated rings. The van der Waals surface area contributed by atoms with Crippen molar-refractivity contribution in [3.8, 4) is 0 Å². The molecule has 0 aromatic heterocycles. The van der Waals surface area contributed by atoms with Crippen LogP contribution < -0.4 is 0 Å². The van der Waals surface area contributed by atoms with Gasteiger partial charge in [0, 0.05) is 24.5 Å². The van der Waals surface area contributed by atoms with Crippen molar-refractivity contribution < 1.29 is 24.2 Å². The molecule has 3 rings (SSSR count). The molecule has 2 aliphatic rings. The molecule has 3 atom stereocenters. The summed E-state index contributed by atoms with van der Waals surface area (Å²) >= 11 is 3.51. The van der Waals surface area contributed by atoms with Gasteiger partial charge in [-0.15, -0.1) is 23.5 Å². The van der Waals surface area contributed by atoms with E-state index < -0.39 is 24.1 Å². The van der Waals surface area contributed by atoms with Crippen LogP contribution in [0.2, 0.25) is 0 Å². The summed E-state index contributed by atoms with van der Waals surface area (Å²) in [5, 5.41) is 9.77. The molecule has 0 radical (unpaired) electrons. The van der Waals surface area contributed by atoms with Gasteiger partial charge in [-0.1, -0.05) is 30.3 Å². The second-order valence-electron chi connectivity index (χ2n) is 8.27. The zero-order chi connectivity index (χ0) is 23.3. The Morgan fingerprint density at radius 3 is 2.53 bits per heavy atom. The zero-order valence-corrected chi connectivity index (χ0v) is 20.5. The fraction of sp³-hybridized carbons (Fsp3) is 0.591. The van der Waals surface area contributed by atoms with Gasteiger partial charge in [0.25, 0.3) is 0 Å². The number of carboxylic acid groups (broad SMARTS) is 1. The predicted molar refractivity (Wildman–Crippen MR) is 130 cm³/mol. The number of carbonyl (C=O) groups excluding carboxylic acids is 2. The maximum Gasteiger partial charge on any atom is 0.326 e. The number of carbonyl (C=O) groups is 3. The number of ether oxygens (including phenoxy) is 1. The summed E-state index contributed by atoms with van der Waals surface area (Å²) in [5.74, 6) is 0.362.